The van der Waals surface area contributed by atoms with Crippen molar-refractivity contribution in [3.63, 3.8) is 0 Å². The van der Waals surface area contributed by atoms with Crippen LogP contribution in [0.3, 0.4) is 0 Å². The lowest BCUT2D eigenvalue weighted by atomic mass is 10.0. The first-order valence-corrected chi connectivity index (χ1v) is 6.57. The zero-order valence-electron chi connectivity index (χ0n) is 10.1. The van der Waals surface area contributed by atoms with Gasteiger partial charge in [-0.05, 0) is 42.9 Å². The van der Waals surface area contributed by atoms with E-state index in [1.807, 2.05) is 6.07 Å². The Morgan fingerprint density at radius 2 is 2.28 bits per heavy atom. The van der Waals surface area contributed by atoms with Crippen LogP contribution in [0, 0.1) is 16.7 Å². The second-order valence-corrected chi connectivity index (χ2v) is 5.19. The third-order valence-electron chi connectivity index (χ3n) is 3.46. The van der Waals surface area contributed by atoms with Crippen molar-refractivity contribution in [3.8, 4) is 6.07 Å². The third kappa shape index (κ3) is 3.02. The molecule has 1 fully saturated rings. The first-order valence-electron chi connectivity index (χ1n) is 6.03. The zero-order valence-corrected chi connectivity index (χ0v) is 10.8. The third-order valence-corrected chi connectivity index (χ3v) is 3.65. The van der Waals surface area contributed by atoms with Crippen LogP contribution in [0.25, 0.3) is 0 Å². The molecule has 1 amide bonds. The van der Waals surface area contributed by atoms with Gasteiger partial charge >= 0.3 is 0 Å². The van der Waals surface area contributed by atoms with Crippen LogP contribution in [0.5, 0.6) is 0 Å². The Bertz CT molecular complexity index is 489. The molecule has 0 atom stereocenters. The number of carbonyl (C=O) groups is 1. The second kappa shape index (κ2) is 5.41. The maximum atomic E-state index is 11.9. The number of hydrogen-bond donors (Lipinski definition) is 1. The molecule has 3 nitrogen and oxygen atoms in total. The van der Waals surface area contributed by atoms with E-state index in [1.165, 1.54) is 0 Å². The number of amides is 1. The highest BCUT2D eigenvalue weighted by molar-refractivity contribution is 6.17. The Morgan fingerprint density at radius 3 is 2.89 bits per heavy atom. The average Bonchev–Trinajstić information content (AvgIpc) is 3.17. The van der Waals surface area contributed by atoms with Gasteiger partial charge in [0.15, 0.2) is 0 Å². The second-order valence-electron chi connectivity index (χ2n) is 4.81. The molecule has 0 spiro atoms. The summed E-state index contributed by atoms with van der Waals surface area (Å²) >= 11 is 5.75. The monoisotopic (exact) mass is 262 g/mol. The number of nitriles is 1. The minimum Gasteiger partial charge on any atom is -0.351 e. The summed E-state index contributed by atoms with van der Waals surface area (Å²) in [4.78, 5) is 11.9. The molecule has 1 aromatic carbocycles. The molecule has 1 aliphatic rings. The van der Waals surface area contributed by atoms with Gasteiger partial charge in [0.2, 0.25) is 0 Å². The minimum atomic E-state index is -0.118. The maximum Gasteiger partial charge on any atom is 0.251 e. The largest absolute Gasteiger partial charge is 0.351 e. The topological polar surface area (TPSA) is 52.9 Å². The highest BCUT2D eigenvalue weighted by Gasteiger charge is 2.41. The van der Waals surface area contributed by atoms with Crippen molar-refractivity contribution in [2.45, 2.75) is 19.3 Å². The van der Waals surface area contributed by atoms with Crippen LogP contribution in [0.4, 0.5) is 0 Å². The Kier molecular flexibility index (Phi) is 3.88. The van der Waals surface area contributed by atoms with Crippen LogP contribution >= 0.6 is 11.6 Å². The smallest absolute Gasteiger partial charge is 0.251 e. The van der Waals surface area contributed by atoms with Gasteiger partial charge in [-0.1, -0.05) is 6.07 Å². The summed E-state index contributed by atoms with van der Waals surface area (Å²) in [5.41, 5.74) is 1.27. The first kappa shape index (κ1) is 12.9. The molecule has 0 saturated heterocycles. The lowest BCUT2D eigenvalue weighted by Gasteiger charge is -2.14. The van der Waals surface area contributed by atoms with Crippen molar-refractivity contribution >= 4 is 17.5 Å². The predicted molar refractivity (Wildman–Crippen MR) is 70.5 cm³/mol. The van der Waals surface area contributed by atoms with Crippen LogP contribution in [-0.4, -0.2) is 18.3 Å². The number of rotatable bonds is 5. The molecule has 1 saturated carbocycles. The summed E-state index contributed by atoms with van der Waals surface area (Å²) in [6.07, 6.45) is 3.23. The van der Waals surface area contributed by atoms with Gasteiger partial charge in [-0.3, -0.25) is 4.79 Å². The molecule has 4 heteroatoms. The summed E-state index contributed by atoms with van der Waals surface area (Å²) in [5.74, 6) is 0.521. The standard InChI is InChI=1S/C14H15ClN2O/c15-7-6-14(4-5-14)10-17-13(18)12-3-1-2-11(8-12)9-16/h1-3,8H,4-7,10H2,(H,17,18). The lowest BCUT2D eigenvalue weighted by molar-refractivity contribution is 0.0944. The highest BCUT2D eigenvalue weighted by Crippen LogP contribution is 2.48. The van der Waals surface area contributed by atoms with E-state index >= 15 is 0 Å². The number of carbonyl (C=O) groups excluding carboxylic acids is 1. The minimum absolute atomic E-state index is 0.118. The van der Waals surface area contributed by atoms with E-state index < -0.39 is 0 Å². The predicted octanol–water partition coefficient (Wildman–Crippen LogP) is 2.70. The number of nitrogens with zero attached hydrogens (tertiary/aromatic N) is 1. The highest BCUT2D eigenvalue weighted by atomic mass is 35.5. The molecule has 0 unspecified atom stereocenters. The van der Waals surface area contributed by atoms with E-state index in [9.17, 15) is 4.79 Å². The molecule has 0 bridgehead atoms. The van der Waals surface area contributed by atoms with Crippen molar-refractivity contribution in [1.82, 2.24) is 5.32 Å². The molecule has 1 N–H and O–H groups in total. The number of alkyl halides is 1. The van der Waals surface area contributed by atoms with Gasteiger partial charge in [-0.25, -0.2) is 0 Å². The lowest BCUT2D eigenvalue weighted by Crippen LogP contribution is -2.30. The van der Waals surface area contributed by atoms with Gasteiger partial charge in [-0.15, -0.1) is 11.6 Å². The average molecular weight is 263 g/mol. The fraction of sp³-hybridized carbons (Fsp3) is 0.429. The van der Waals surface area contributed by atoms with E-state index in [0.717, 1.165) is 19.3 Å². The molecular formula is C14H15ClN2O. The Hall–Kier alpha value is -1.53. The molecule has 94 valence electrons. The van der Waals surface area contributed by atoms with Crippen molar-refractivity contribution < 1.29 is 4.79 Å². The maximum absolute atomic E-state index is 11.9. The number of hydrogen-bond acceptors (Lipinski definition) is 2. The molecule has 1 aromatic rings. The molecule has 0 radical (unpaired) electrons. The quantitative estimate of drug-likeness (QED) is 0.830. The van der Waals surface area contributed by atoms with E-state index in [1.54, 1.807) is 24.3 Å². The summed E-state index contributed by atoms with van der Waals surface area (Å²) in [5, 5.41) is 11.7. The first-order chi connectivity index (χ1) is 8.69. The van der Waals surface area contributed by atoms with Crippen molar-refractivity contribution in [2.75, 3.05) is 12.4 Å². The summed E-state index contributed by atoms with van der Waals surface area (Å²) < 4.78 is 0. The van der Waals surface area contributed by atoms with Crippen molar-refractivity contribution in [3.05, 3.63) is 35.4 Å². The van der Waals surface area contributed by atoms with Gasteiger partial charge in [0.25, 0.3) is 5.91 Å². The Labute approximate surface area is 112 Å². The molecule has 1 aliphatic carbocycles. The molecule has 18 heavy (non-hydrogen) atoms. The molecule has 0 heterocycles. The Morgan fingerprint density at radius 1 is 1.50 bits per heavy atom. The molecule has 0 aliphatic heterocycles. The van der Waals surface area contributed by atoms with Gasteiger partial charge in [-0.2, -0.15) is 5.26 Å². The van der Waals surface area contributed by atoms with Crippen LogP contribution < -0.4 is 5.32 Å². The fourth-order valence-electron chi connectivity index (χ4n) is 1.99. The molecule has 0 aromatic heterocycles. The van der Waals surface area contributed by atoms with Gasteiger partial charge in [0.1, 0.15) is 0 Å². The van der Waals surface area contributed by atoms with E-state index in [4.69, 9.17) is 16.9 Å². The van der Waals surface area contributed by atoms with Gasteiger partial charge < -0.3 is 5.32 Å². The fourth-order valence-corrected chi connectivity index (χ4v) is 2.39. The van der Waals surface area contributed by atoms with E-state index in [2.05, 4.69) is 5.32 Å². The molecular weight excluding hydrogens is 248 g/mol. The summed E-state index contributed by atoms with van der Waals surface area (Å²) in [6, 6.07) is 8.77. The van der Waals surface area contributed by atoms with Gasteiger partial charge in [0, 0.05) is 18.0 Å². The van der Waals surface area contributed by atoms with Crippen LogP contribution in [-0.2, 0) is 0 Å². The summed E-state index contributed by atoms with van der Waals surface area (Å²) in [6.45, 7) is 0.676. The van der Waals surface area contributed by atoms with E-state index in [-0.39, 0.29) is 11.3 Å². The number of benzene rings is 1. The van der Waals surface area contributed by atoms with Crippen molar-refractivity contribution in [2.24, 2.45) is 5.41 Å². The number of halogens is 1. The van der Waals surface area contributed by atoms with Crippen LogP contribution in [0.1, 0.15) is 35.2 Å². The summed E-state index contributed by atoms with van der Waals surface area (Å²) in [7, 11) is 0. The zero-order chi connectivity index (χ0) is 13.0. The van der Waals surface area contributed by atoms with Crippen LogP contribution in [0.2, 0.25) is 0 Å². The normalized spacial score (nSPS) is 15.8. The van der Waals surface area contributed by atoms with Crippen molar-refractivity contribution in [1.29, 1.82) is 5.26 Å². The SMILES string of the molecule is N#Cc1cccc(C(=O)NCC2(CCCl)CC2)c1. The molecule has 2 rings (SSSR count). The van der Waals surface area contributed by atoms with Crippen LogP contribution in [0.15, 0.2) is 24.3 Å². The Balaban J connectivity index is 1.94. The van der Waals surface area contributed by atoms with E-state index in [0.29, 0.717) is 23.6 Å². The number of nitrogens with one attached hydrogen (secondary N) is 1. The van der Waals surface area contributed by atoms with Gasteiger partial charge in [0.05, 0.1) is 11.6 Å².